The number of hydrogen-bond donors (Lipinski definition) is 1. The van der Waals surface area contributed by atoms with Crippen LogP contribution in [0, 0.1) is 0 Å². The Morgan fingerprint density at radius 1 is 1.44 bits per heavy atom. The topological polar surface area (TPSA) is 36.1 Å². The number of H-pyrrole nitrogens is 1. The van der Waals surface area contributed by atoms with E-state index in [1.165, 1.54) is 6.42 Å². The van der Waals surface area contributed by atoms with E-state index in [1.54, 1.807) is 0 Å². The van der Waals surface area contributed by atoms with Crippen molar-refractivity contribution in [2.75, 3.05) is 0 Å². The Bertz CT molecular complexity index is 335. The highest BCUT2D eigenvalue weighted by molar-refractivity contribution is 5.79. The van der Waals surface area contributed by atoms with Crippen molar-refractivity contribution in [1.82, 2.24) is 9.88 Å². The molecule has 1 aromatic heterocycles. The predicted octanol–water partition coefficient (Wildman–Crippen LogP) is 2.35. The van der Waals surface area contributed by atoms with Gasteiger partial charge in [0.05, 0.1) is 6.42 Å². The minimum Gasteiger partial charge on any atom is -0.367 e. The molecular formula is C13H20N2O. The van der Waals surface area contributed by atoms with Crippen LogP contribution in [0.4, 0.5) is 0 Å². The van der Waals surface area contributed by atoms with Crippen LogP contribution in [0.2, 0.25) is 0 Å². The Hall–Kier alpha value is -1.25. The van der Waals surface area contributed by atoms with Gasteiger partial charge in [-0.2, -0.15) is 0 Å². The summed E-state index contributed by atoms with van der Waals surface area (Å²) in [4.78, 5) is 17.3. The fourth-order valence-electron chi connectivity index (χ4n) is 2.65. The molecule has 1 amide bonds. The highest BCUT2D eigenvalue weighted by Gasteiger charge is 2.28. The van der Waals surface area contributed by atoms with Gasteiger partial charge in [-0.05, 0) is 44.7 Å². The van der Waals surface area contributed by atoms with Crippen molar-refractivity contribution in [3.05, 3.63) is 24.0 Å². The predicted molar refractivity (Wildman–Crippen MR) is 64.1 cm³/mol. The van der Waals surface area contributed by atoms with Gasteiger partial charge in [0.1, 0.15) is 0 Å². The standard InChI is InChI=1S/C13H20N2O/c1-10-4-3-5-11(2)15(10)13(16)8-12-6-7-14-9-12/h6-7,9-11,14H,3-5,8H2,1-2H3. The largest absolute Gasteiger partial charge is 0.367 e. The number of rotatable bonds is 2. The van der Waals surface area contributed by atoms with E-state index < -0.39 is 0 Å². The first-order valence-corrected chi connectivity index (χ1v) is 6.11. The third kappa shape index (κ3) is 2.29. The van der Waals surface area contributed by atoms with Gasteiger partial charge in [-0.15, -0.1) is 0 Å². The molecule has 1 aliphatic heterocycles. The summed E-state index contributed by atoms with van der Waals surface area (Å²) in [5, 5.41) is 0. The number of nitrogens with one attached hydrogen (secondary N) is 1. The van der Waals surface area contributed by atoms with Gasteiger partial charge in [0.2, 0.25) is 5.91 Å². The SMILES string of the molecule is CC1CCCC(C)N1C(=O)Cc1cc[nH]c1. The molecule has 1 saturated heterocycles. The van der Waals surface area contributed by atoms with Crippen LogP contribution in [-0.4, -0.2) is 27.9 Å². The smallest absolute Gasteiger partial charge is 0.227 e. The molecule has 88 valence electrons. The van der Waals surface area contributed by atoms with E-state index in [1.807, 2.05) is 18.5 Å². The molecule has 2 unspecified atom stereocenters. The van der Waals surface area contributed by atoms with Gasteiger partial charge in [-0.3, -0.25) is 4.79 Å². The average molecular weight is 220 g/mol. The molecule has 3 nitrogen and oxygen atoms in total. The number of piperidine rings is 1. The Labute approximate surface area is 96.8 Å². The summed E-state index contributed by atoms with van der Waals surface area (Å²) in [5.74, 6) is 0.263. The van der Waals surface area contributed by atoms with Crippen LogP contribution in [0.1, 0.15) is 38.7 Å². The lowest BCUT2D eigenvalue weighted by atomic mass is 9.97. The van der Waals surface area contributed by atoms with Crippen molar-refractivity contribution in [3.8, 4) is 0 Å². The van der Waals surface area contributed by atoms with Gasteiger partial charge in [0.15, 0.2) is 0 Å². The molecule has 0 bridgehead atoms. The maximum Gasteiger partial charge on any atom is 0.227 e. The summed E-state index contributed by atoms with van der Waals surface area (Å²) in [5.41, 5.74) is 1.08. The number of amides is 1. The monoisotopic (exact) mass is 220 g/mol. The van der Waals surface area contributed by atoms with Crippen molar-refractivity contribution >= 4 is 5.91 Å². The molecule has 1 fully saturated rings. The lowest BCUT2D eigenvalue weighted by Crippen LogP contribution is -2.48. The minimum absolute atomic E-state index is 0.263. The highest BCUT2D eigenvalue weighted by atomic mass is 16.2. The van der Waals surface area contributed by atoms with E-state index >= 15 is 0 Å². The van der Waals surface area contributed by atoms with Gasteiger partial charge >= 0.3 is 0 Å². The zero-order valence-corrected chi connectivity index (χ0v) is 10.1. The molecule has 3 heteroatoms. The lowest BCUT2D eigenvalue weighted by Gasteiger charge is -2.39. The highest BCUT2D eigenvalue weighted by Crippen LogP contribution is 2.23. The summed E-state index contributed by atoms with van der Waals surface area (Å²) in [6.45, 7) is 4.31. The summed E-state index contributed by atoms with van der Waals surface area (Å²) < 4.78 is 0. The zero-order valence-electron chi connectivity index (χ0n) is 10.1. The number of likely N-dealkylation sites (tertiary alicyclic amines) is 1. The first-order chi connectivity index (χ1) is 7.68. The molecule has 0 saturated carbocycles. The van der Waals surface area contributed by atoms with Crippen molar-refractivity contribution < 1.29 is 4.79 Å². The Morgan fingerprint density at radius 2 is 2.12 bits per heavy atom. The van der Waals surface area contributed by atoms with Crippen LogP contribution in [0.15, 0.2) is 18.5 Å². The average Bonchev–Trinajstić information content (AvgIpc) is 2.70. The Balaban J connectivity index is 2.02. The molecule has 0 radical (unpaired) electrons. The fraction of sp³-hybridized carbons (Fsp3) is 0.615. The van der Waals surface area contributed by atoms with E-state index in [-0.39, 0.29) is 5.91 Å². The van der Waals surface area contributed by atoms with Crippen LogP contribution in [0.5, 0.6) is 0 Å². The number of carbonyl (C=O) groups excluding carboxylic acids is 1. The van der Waals surface area contributed by atoms with Gasteiger partial charge in [-0.25, -0.2) is 0 Å². The second-order valence-corrected chi connectivity index (χ2v) is 4.83. The first kappa shape index (κ1) is 11.2. The third-order valence-electron chi connectivity index (χ3n) is 3.50. The number of nitrogens with zero attached hydrogens (tertiary/aromatic N) is 1. The molecule has 2 atom stereocenters. The van der Waals surface area contributed by atoms with Crippen molar-refractivity contribution in [2.24, 2.45) is 0 Å². The van der Waals surface area contributed by atoms with E-state index in [9.17, 15) is 4.79 Å². The second kappa shape index (κ2) is 4.73. The van der Waals surface area contributed by atoms with E-state index in [0.29, 0.717) is 18.5 Å². The van der Waals surface area contributed by atoms with Gasteiger partial charge < -0.3 is 9.88 Å². The quantitative estimate of drug-likeness (QED) is 0.816. The Morgan fingerprint density at radius 3 is 2.69 bits per heavy atom. The fourth-order valence-corrected chi connectivity index (χ4v) is 2.65. The summed E-state index contributed by atoms with van der Waals surface area (Å²) in [7, 11) is 0. The molecule has 1 aromatic rings. The van der Waals surface area contributed by atoms with Crippen molar-refractivity contribution in [3.63, 3.8) is 0 Å². The van der Waals surface area contributed by atoms with Crippen molar-refractivity contribution in [1.29, 1.82) is 0 Å². The molecule has 0 spiro atoms. The van der Waals surface area contributed by atoms with Gasteiger partial charge in [-0.1, -0.05) is 0 Å². The van der Waals surface area contributed by atoms with E-state index in [2.05, 4.69) is 23.7 Å². The zero-order chi connectivity index (χ0) is 11.5. The summed E-state index contributed by atoms with van der Waals surface area (Å²) in [6, 6.07) is 2.77. The number of aromatic amines is 1. The molecule has 0 aromatic carbocycles. The van der Waals surface area contributed by atoms with Crippen LogP contribution in [0.3, 0.4) is 0 Å². The lowest BCUT2D eigenvalue weighted by molar-refractivity contribution is -0.136. The molecular weight excluding hydrogens is 200 g/mol. The molecule has 16 heavy (non-hydrogen) atoms. The van der Waals surface area contributed by atoms with Crippen LogP contribution >= 0.6 is 0 Å². The maximum atomic E-state index is 12.2. The van der Waals surface area contributed by atoms with E-state index in [0.717, 1.165) is 18.4 Å². The third-order valence-corrected chi connectivity index (χ3v) is 3.50. The number of hydrogen-bond acceptors (Lipinski definition) is 1. The van der Waals surface area contributed by atoms with Gasteiger partial charge in [0, 0.05) is 24.5 Å². The molecule has 2 rings (SSSR count). The van der Waals surface area contributed by atoms with E-state index in [4.69, 9.17) is 0 Å². The van der Waals surface area contributed by atoms with Crippen LogP contribution in [-0.2, 0) is 11.2 Å². The number of carbonyl (C=O) groups is 1. The normalized spacial score (nSPS) is 25.8. The summed E-state index contributed by atoms with van der Waals surface area (Å²) in [6.07, 6.45) is 7.82. The van der Waals surface area contributed by atoms with Gasteiger partial charge in [0.25, 0.3) is 0 Å². The summed E-state index contributed by atoms with van der Waals surface area (Å²) >= 11 is 0. The number of aromatic nitrogens is 1. The second-order valence-electron chi connectivity index (χ2n) is 4.83. The van der Waals surface area contributed by atoms with Crippen LogP contribution < -0.4 is 0 Å². The van der Waals surface area contributed by atoms with Crippen LogP contribution in [0.25, 0.3) is 0 Å². The maximum absolute atomic E-state index is 12.2. The molecule has 2 heterocycles. The van der Waals surface area contributed by atoms with Crippen molar-refractivity contribution in [2.45, 2.75) is 51.6 Å². The molecule has 1 N–H and O–H groups in total. The molecule has 1 aliphatic rings. The molecule has 0 aliphatic carbocycles. The minimum atomic E-state index is 0.263. The first-order valence-electron chi connectivity index (χ1n) is 6.11. The Kier molecular flexibility index (Phi) is 3.32.